The fraction of sp³-hybridized carbons (Fsp3) is 0.647. The van der Waals surface area contributed by atoms with E-state index in [0.29, 0.717) is 18.9 Å². The van der Waals surface area contributed by atoms with E-state index in [2.05, 4.69) is 18.0 Å². The molecular weight excluding hydrogens is 262 g/mol. The topological polar surface area (TPSA) is 59.2 Å². The van der Waals surface area contributed by atoms with E-state index in [0.717, 1.165) is 44.2 Å². The zero-order valence-electron chi connectivity index (χ0n) is 13.0. The second-order valence-corrected chi connectivity index (χ2v) is 5.92. The molecule has 0 bridgehead atoms. The number of carbonyl (C=O) groups is 1. The number of carbonyl (C=O) groups excluding carboxylic acids is 1. The summed E-state index contributed by atoms with van der Waals surface area (Å²) in [7, 11) is 0. The molecule has 2 atom stereocenters. The number of pyridine rings is 1. The van der Waals surface area contributed by atoms with Crippen molar-refractivity contribution >= 4 is 5.91 Å². The molecule has 2 rings (SSSR count). The van der Waals surface area contributed by atoms with Gasteiger partial charge in [0.25, 0.3) is 0 Å². The van der Waals surface area contributed by atoms with Crippen molar-refractivity contribution in [1.82, 2.24) is 9.88 Å². The van der Waals surface area contributed by atoms with E-state index in [1.165, 1.54) is 0 Å². The van der Waals surface area contributed by atoms with Crippen LogP contribution in [0.25, 0.3) is 0 Å². The number of rotatable bonds is 7. The average molecular weight is 289 g/mol. The smallest absolute Gasteiger partial charge is 0.223 e. The molecule has 4 heteroatoms. The predicted octanol–water partition coefficient (Wildman–Crippen LogP) is 2.90. The first kappa shape index (κ1) is 16.0. The summed E-state index contributed by atoms with van der Waals surface area (Å²) < 4.78 is 0. The zero-order valence-corrected chi connectivity index (χ0v) is 13.0. The molecule has 0 spiro atoms. The SMILES string of the molecule is CCC(CCN)CCC(=O)N1CCCC1c1cccnc1. The highest BCUT2D eigenvalue weighted by atomic mass is 16.2. The van der Waals surface area contributed by atoms with Crippen LogP contribution in [0.3, 0.4) is 0 Å². The summed E-state index contributed by atoms with van der Waals surface area (Å²) in [5.41, 5.74) is 6.79. The maximum atomic E-state index is 12.5. The van der Waals surface area contributed by atoms with Crippen LogP contribution in [0.2, 0.25) is 0 Å². The van der Waals surface area contributed by atoms with E-state index in [1.54, 1.807) is 6.20 Å². The van der Waals surface area contributed by atoms with Gasteiger partial charge in [-0.05, 0) is 49.8 Å². The van der Waals surface area contributed by atoms with Crippen LogP contribution >= 0.6 is 0 Å². The normalized spacial score (nSPS) is 19.7. The second-order valence-electron chi connectivity index (χ2n) is 5.92. The standard InChI is InChI=1S/C17H27N3O/c1-2-14(9-10-18)7-8-17(21)20-12-4-6-16(20)15-5-3-11-19-13-15/h3,5,11,13-14,16H,2,4,6-10,12,18H2,1H3. The van der Waals surface area contributed by atoms with Crippen LogP contribution in [0.15, 0.2) is 24.5 Å². The molecule has 1 aliphatic heterocycles. The zero-order chi connectivity index (χ0) is 15.1. The minimum absolute atomic E-state index is 0.223. The van der Waals surface area contributed by atoms with Crippen LogP contribution in [0.1, 0.15) is 57.1 Å². The van der Waals surface area contributed by atoms with E-state index >= 15 is 0 Å². The van der Waals surface area contributed by atoms with Crippen molar-refractivity contribution in [2.45, 2.75) is 51.5 Å². The molecule has 1 aliphatic rings. The van der Waals surface area contributed by atoms with Crippen molar-refractivity contribution in [3.63, 3.8) is 0 Å². The molecular formula is C17H27N3O. The molecule has 1 aromatic rings. The van der Waals surface area contributed by atoms with Crippen LogP contribution in [0.5, 0.6) is 0 Å². The lowest BCUT2D eigenvalue weighted by atomic mass is 9.96. The van der Waals surface area contributed by atoms with Crippen LogP contribution in [-0.4, -0.2) is 28.9 Å². The average Bonchev–Trinajstić information content (AvgIpc) is 3.01. The van der Waals surface area contributed by atoms with E-state index in [4.69, 9.17) is 5.73 Å². The number of hydrogen-bond donors (Lipinski definition) is 1. The van der Waals surface area contributed by atoms with E-state index in [1.807, 2.05) is 17.2 Å². The number of nitrogens with two attached hydrogens (primary N) is 1. The van der Waals surface area contributed by atoms with Crippen molar-refractivity contribution in [1.29, 1.82) is 0 Å². The molecule has 4 nitrogen and oxygen atoms in total. The lowest BCUT2D eigenvalue weighted by molar-refractivity contribution is -0.132. The maximum absolute atomic E-state index is 12.5. The van der Waals surface area contributed by atoms with Crippen LogP contribution in [0.4, 0.5) is 0 Å². The lowest BCUT2D eigenvalue weighted by Gasteiger charge is -2.25. The van der Waals surface area contributed by atoms with Gasteiger partial charge in [0.2, 0.25) is 5.91 Å². The molecule has 1 aromatic heterocycles. The highest BCUT2D eigenvalue weighted by Gasteiger charge is 2.29. The van der Waals surface area contributed by atoms with Gasteiger partial charge >= 0.3 is 0 Å². The number of nitrogens with zero attached hydrogens (tertiary/aromatic N) is 2. The van der Waals surface area contributed by atoms with Gasteiger partial charge < -0.3 is 10.6 Å². The number of likely N-dealkylation sites (tertiary alicyclic amines) is 1. The summed E-state index contributed by atoms with van der Waals surface area (Å²) >= 11 is 0. The van der Waals surface area contributed by atoms with Gasteiger partial charge in [0.15, 0.2) is 0 Å². The molecule has 0 radical (unpaired) electrons. The van der Waals surface area contributed by atoms with E-state index in [-0.39, 0.29) is 11.9 Å². The fourth-order valence-electron chi connectivity index (χ4n) is 3.24. The van der Waals surface area contributed by atoms with Gasteiger partial charge in [0, 0.05) is 25.4 Å². The first-order chi connectivity index (χ1) is 10.3. The molecule has 21 heavy (non-hydrogen) atoms. The Morgan fingerprint density at radius 3 is 3.05 bits per heavy atom. The molecule has 0 aromatic carbocycles. The molecule has 2 unspecified atom stereocenters. The Morgan fingerprint density at radius 2 is 2.38 bits per heavy atom. The molecule has 2 N–H and O–H groups in total. The predicted molar refractivity (Wildman–Crippen MR) is 84.6 cm³/mol. The van der Waals surface area contributed by atoms with Gasteiger partial charge in [-0.25, -0.2) is 0 Å². The molecule has 116 valence electrons. The van der Waals surface area contributed by atoms with Gasteiger partial charge in [-0.3, -0.25) is 9.78 Å². The third kappa shape index (κ3) is 4.27. The van der Waals surface area contributed by atoms with Gasteiger partial charge in [0.1, 0.15) is 0 Å². The minimum Gasteiger partial charge on any atom is -0.336 e. The summed E-state index contributed by atoms with van der Waals surface area (Å²) in [6.45, 7) is 3.78. The summed E-state index contributed by atoms with van der Waals surface area (Å²) in [6, 6.07) is 4.25. The molecule has 0 saturated carbocycles. The maximum Gasteiger partial charge on any atom is 0.223 e. The van der Waals surface area contributed by atoms with Gasteiger partial charge in [-0.15, -0.1) is 0 Å². The largest absolute Gasteiger partial charge is 0.336 e. The van der Waals surface area contributed by atoms with Crippen molar-refractivity contribution in [3.8, 4) is 0 Å². The number of hydrogen-bond acceptors (Lipinski definition) is 3. The highest BCUT2D eigenvalue weighted by Crippen LogP contribution is 2.32. The lowest BCUT2D eigenvalue weighted by Crippen LogP contribution is -2.30. The van der Waals surface area contributed by atoms with Crippen molar-refractivity contribution < 1.29 is 4.79 Å². The molecule has 1 saturated heterocycles. The molecule has 1 amide bonds. The second kappa shape index (κ2) is 8.13. The molecule has 0 aliphatic carbocycles. The Morgan fingerprint density at radius 1 is 1.52 bits per heavy atom. The molecule has 2 heterocycles. The Hall–Kier alpha value is -1.42. The van der Waals surface area contributed by atoms with Crippen molar-refractivity contribution in [3.05, 3.63) is 30.1 Å². The Kier molecular flexibility index (Phi) is 6.18. The van der Waals surface area contributed by atoms with E-state index < -0.39 is 0 Å². The Balaban J connectivity index is 1.92. The number of aromatic nitrogens is 1. The Labute approximate surface area is 127 Å². The van der Waals surface area contributed by atoms with Crippen LogP contribution in [-0.2, 0) is 4.79 Å². The van der Waals surface area contributed by atoms with Crippen LogP contribution < -0.4 is 5.73 Å². The Bertz CT molecular complexity index is 435. The van der Waals surface area contributed by atoms with Crippen molar-refractivity contribution in [2.24, 2.45) is 11.7 Å². The summed E-state index contributed by atoms with van der Waals surface area (Å²) in [4.78, 5) is 18.8. The minimum atomic E-state index is 0.223. The summed E-state index contributed by atoms with van der Waals surface area (Å²) in [5.74, 6) is 0.871. The third-order valence-corrected chi connectivity index (χ3v) is 4.56. The van der Waals surface area contributed by atoms with Crippen molar-refractivity contribution in [2.75, 3.05) is 13.1 Å². The van der Waals surface area contributed by atoms with E-state index in [9.17, 15) is 4.79 Å². The number of amides is 1. The monoisotopic (exact) mass is 289 g/mol. The first-order valence-electron chi connectivity index (χ1n) is 8.15. The van der Waals surface area contributed by atoms with Gasteiger partial charge in [0.05, 0.1) is 6.04 Å². The summed E-state index contributed by atoms with van der Waals surface area (Å²) in [5, 5.41) is 0. The quantitative estimate of drug-likeness (QED) is 0.839. The van der Waals surface area contributed by atoms with Gasteiger partial charge in [-0.2, -0.15) is 0 Å². The fourth-order valence-corrected chi connectivity index (χ4v) is 3.24. The third-order valence-electron chi connectivity index (χ3n) is 4.56. The van der Waals surface area contributed by atoms with Gasteiger partial charge in [-0.1, -0.05) is 19.4 Å². The molecule has 1 fully saturated rings. The highest BCUT2D eigenvalue weighted by molar-refractivity contribution is 5.77. The first-order valence-corrected chi connectivity index (χ1v) is 8.15. The summed E-state index contributed by atoms with van der Waals surface area (Å²) in [6.07, 6.45) is 9.55. The van der Waals surface area contributed by atoms with Crippen LogP contribution in [0, 0.1) is 5.92 Å².